The van der Waals surface area contributed by atoms with Crippen molar-refractivity contribution in [3.8, 4) is 0 Å². The molecule has 2 atom stereocenters. The van der Waals surface area contributed by atoms with E-state index in [4.69, 9.17) is 13.3 Å². The van der Waals surface area contributed by atoms with Crippen LogP contribution >= 0.6 is 12.6 Å². The smallest absolute Gasteiger partial charge is 0.373 e. The van der Waals surface area contributed by atoms with E-state index in [9.17, 15) is 4.79 Å². The van der Waals surface area contributed by atoms with Crippen LogP contribution in [0.15, 0.2) is 0 Å². The van der Waals surface area contributed by atoms with Gasteiger partial charge in [-0.3, -0.25) is 4.79 Å². The normalized spacial score (nSPS) is 14.7. The number of hydrogen-bond donors (Lipinski definition) is 1. The van der Waals surface area contributed by atoms with Gasteiger partial charge in [0.1, 0.15) is 5.78 Å². The summed E-state index contributed by atoms with van der Waals surface area (Å²) < 4.78 is 17.7. The third kappa shape index (κ3) is 8.16. The van der Waals surface area contributed by atoms with Crippen molar-refractivity contribution >= 4 is 27.2 Å². The Morgan fingerprint density at radius 1 is 0.957 bits per heavy atom. The number of thiol groups is 1. The first-order valence-electron chi connectivity index (χ1n) is 9.13. The van der Waals surface area contributed by atoms with Crippen molar-refractivity contribution in [2.45, 2.75) is 83.9 Å². The van der Waals surface area contributed by atoms with Crippen molar-refractivity contribution < 1.29 is 18.1 Å². The van der Waals surface area contributed by atoms with Crippen molar-refractivity contribution in [1.82, 2.24) is 0 Å². The molecule has 23 heavy (non-hydrogen) atoms. The molecule has 0 N–H and O–H groups in total. The van der Waals surface area contributed by atoms with E-state index >= 15 is 0 Å². The molecule has 2 unspecified atom stereocenters. The third-order valence-corrected chi connectivity index (χ3v) is 7.94. The number of carbonyl (C=O) groups is 1. The summed E-state index contributed by atoms with van der Waals surface area (Å²) in [6.45, 7) is 11.4. The van der Waals surface area contributed by atoms with E-state index in [1.165, 1.54) is 12.8 Å². The highest BCUT2D eigenvalue weighted by molar-refractivity contribution is 7.81. The number of hydrogen-bond acceptors (Lipinski definition) is 5. The Kier molecular flexibility index (Phi) is 13.5. The SMILES string of the molecule is CCCCCC(S)CC(=O)C(CC)[Si](OCC)(OCC)OCC. The summed E-state index contributed by atoms with van der Waals surface area (Å²) in [7, 11) is -2.98. The average Bonchev–Trinajstić information content (AvgIpc) is 2.49. The maximum atomic E-state index is 12.8. The molecular formula is C17H36O4SSi. The molecule has 0 amide bonds. The molecule has 0 aliphatic rings. The molecule has 4 nitrogen and oxygen atoms in total. The number of rotatable bonds is 15. The van der Waals surface area contributed by atoms with Crippen LogP contribution in [-0.4, -0.2) is 39.7 Å². The lowest BCUT2D eigenvalue weighted by molar-refractivity contribution is -0.120. The minimum Gasteiger partial charge on any atom is -0.373 e. The van der Waals surface area contributed by atoms with Gasteiger partial charge in [0.2, 0.25) is 0 Å². The summed E-state index contributed by atoms with van der Waals surface area (Å²) >= 11 is 4.60. The maximum absolute atomic E-state index is 12.8. The van der Waals surface area contributed by atoms with Crippen molar-refractivity contribution in [3.05, 3.63) is 0 Å². The Morgan fingerprint density at radius 3 is 1.87 bits per heavy atom. The Hall–Kier alpha value is 0.117. The molecule has 138 valence electrons. The molecule has 0 rings (SSSR count). The molecule has 0 radical (unpaired) electrons. The highest BCUT2D eigenvalue weighted by Gasteiger charge is 2.51. The van der Waals surface area contributed by atoms with Crippen LogP contribution in [-0.2, 0) is 18.1 Å². The van der Waals surface area contributed by atoms with Gasteiger partial charge in [-0.2, -0.15) is 12.6 Å². The molecule has 0 aromatic heterocycles. The van der Waals surface area contributed by atoms with Crippen molar-refractivity contribution in [1.29, 1.82) is 0 Å². The number of Topliss-reactive ketones (excluding diaryl/α,β-unsaturated/α-hetero) is 1. The van der Waals surface area contributed by atoms with E-state index < -0.39 is 8.80 Å². The van der Waals surface area contributed by atoms with Crippen LogP contribution in [0.5, 0.6) is 0 Å². The van der Waals surface area contributed by atoms with E-state index in [0.717, 1.165) is 12.8 Å². The molecule has 6 heteroatoms. The lowest BCUT2D eigenvalue weighted by atomic mass is 10.1. The highest BCUT2D eigenvalue weighted by atomic mass is 32.1. The summed E-state index contributed by atoms with van der Waals surface area (Å²) in [4.78, 5) is 12.8. The van der Waals surface area contributed by atoms with E-state index in [1.54, 1.807) is 0 Å². The van der Waals surface area contributed by atoms with Gasteiger partial charge < -0.3 is 13.3 Å². The van der Waals surface area contributed by atoms with Gasteiger partial charge in [-0.15, -0.1) is 0 Å². The zero-order valence-corrected chi connectivity index (χ0v) is 17.5. The van der Waals surface area contributed by atoms with Gasteiger partial charge in [-0.1, -0.05) is 33.1 Å². The first-order valence-corrected chi connectivity index (χ1v) is 11.5. The molecule has 0 aliphatic carbocycles. The Bertz CT molecular complexity index is 298. The van der Waals surface area contributed by atoms with E-state index in [-0.39, 0.29) is 16.6 Å². The van der Waals surface area contributed by atoms with Gasteiger partial charge in [0, 0.05) is 31.5 Å². The summed E-state index contributed by atoms with van der Waals surface area (Å²) in [6, 6.07) is 0. The molecule has 0 saturated carbocycles. The van der Waals surface area contributed by atoms with E-state index in [0.29, 0.717) is 32.7 Å². The van der Waals surface area contributed by atoms with Crippen molar-refractivity contribution in [2.75, 3.05) is 19.8 Å². The van der Waals surface area contributed by atoms with Crippen LogP contribution in [0.2, 0.25) is 5.54 Å². The molecule has 0 spiro atoms. The van der Waals surface area contributed by atoms with Crippen molar-refractivity contribution in [2.24, 2.45) is 0 Å². The van der Waals surface area contributed by atoms with Gasteiger partial charge in [0.05, 0.1) is 5.54 Å². The fourth-order valence-corrected chi connectivity index (χ4v) is 6.25. The predicted molar refractivity (Wildman–Crippen MR) is 101 cm³/mol. The minimum atomic E-state index is -2.98. The molecule has 0 aromatic carbocycles. The molecule has 0 bridgehead atoms. The standard InChI is InChI=1S/C17H36O4SSi/c1-6-11-12-13-15(22)14-16(18)17(7-2)23(19-8-3,20-9-4)21-10-5/h15,17,22H,6-14H2,1-5H3. The van der Waals surface area contributed by atoms with Crippen LogP contribution in [0.1, 0.15) is 73.1 Å². The predicted octanol–water partition coefficient (Wildman–Crippen LogP) is 4.65. The second kappa shape index (κ2) is 13.4. The van der Waals surface area contributed by atoms with Gasteiger partial charge in [0.25, 0.3) is 0 Å². The number of carbonyl (C=O) groups excluding carboxylic acids is 1. The third-order valence-electron chi connectivity index (χ3n) is 3.84. The summed E-state index contributed by atoms with van der Waals surface area (Å²) in [5, 5.41) is 0.111. The first kappa shape index (κ1) is 23.1. The van der Waals surface area contributed by atoms with Crippen molar-refractivity contribution in [3.63, 3.8) is 0 Å². The van der Waals surface area contributed by atoms with Gasteiger partial charge in [-0.05, 0) is 33.6 Å². The topological polar surface area (TPSA) is 44.8 Å². The lowest BCUT2D eigenvalue weighted by Crippen LogP contribution is -2.53. The monoisotopic (exact) mass is 364 g/mol. The Morgan fingerprint density at radius 2 is 1.48 bits per heavy atom. The number of ketones is 1. The van der Waals surface area contributed by atoms with Crippen LogP contribution in [0.4, 0.5) is 0 Å². The summed E-state index contributed by atoms with van der Waals surface area (Å²) in [5.41, 5.74) is -0.289. The first-order chi connectivity index (χ1) is 11.0. The zero-order chi connectivity index (χ0) is 17.7. The molecule has 0 fully saturated rings. The lowest BCUT2D eigenvalue weighted by Gasteiger charge is -2.34. The molecule has 0 aliphatic heterocycles. The van der Waals surface area contributed by atoms with Gasteiger partial charge in [0.15, 0.2) is 0 Å². The maximum Gasteiger partial charge on any atom is 0.511 e. The molecular weight excluding hydrogens is 328 g/mol. The van der Waals surface area contributed by atoms with Crippen LogP contribution < -0.4 is 0 Å². The average molecular weight is 365 g/mol. The fourth-order valence-electron chi connectivity index (χ4n) is 2.81. The highest BCUT2D eigenvalue weighted by Crippen LogP contribution is 2.32. The second-order valence-electron chi connectivity index (χ2n) is 5.68. The zero-order valence-electron chi connectivity index (χ0n) is 15.6. The van der Waals surface area contributed by atoms with Crippen LogP contribution in [0.3, 0.4) is 0 Å². The van der Waals surface area contributed by atoms with E-state index in [1.807, 2.05) is 27.7 Å². The van der Waals surface area contributed by atoms with Crippen LogP contribution in [0, 0.1) is 0 Å². The quantitative estimate of drug-likeness (QED) is 0.261. The summed E-state index contributed by atoms with van der Waals surface area (Å²) in [5.74, 6) is 0.172. The Labute approximate surface area is 149 Å². The second-order valence-corrected chi connectivity index (χ2v) is 9.18. The molecule has 0 heterocycles. The molecule has 0 aromatic rings. The minimum absolute atomic E-state index is 0.111. The Balaban J connectivity index is 4.96. The largest absolute Gasteiger partial charge is 0.511 e. The summed E-state index contributed by atoms with van der Waals surface area (Å²) in [6.07, 6.45) is 5.62. The fraction of sp³-hybridized carbons (Fsp3) is 0.941. The number of unbranched alkanes of at least 4 members (excludes halogenated alkanes) is 2. The molecule has 0 saturated heterocycles. The van der Waals surface area contributed by atoms with E-state index in [2.05, 4.69) is 19.6 Å². The van der Waals surface area contributed by atoms with Gasteiger partial charge >= 0.3 is 8.80 Å². The van der Waals surface area contributed by atoms with Gasteiger partial charge in [-0.25, -0.2) is 0 Å². The van der Waals surface area contributed by atoms with Crippen LogP contribution in [0.25, 0.3) is 0 Å².